The Bertz CT molecular complexity index is 780. The number of hydrogen-bond acceptors (Lipinski definition) is 3. The lowest BCUT2D eigenvalue weighted by Crippen LogP contribution is -2.46. The molecule has 0 bridgehead atoms. The number of amides is 2. The van der Waals surface area contributed by atoms with Crippen molar-refractivity contribution in [3.8, 4) is 5.75 Å². The van der Waals surface area contributed by atoms with Gasteiger partial charge in [0.15, 0.2) is 11.3 Å². The zero-order valence-corrected chi connectivity index (χ0v) is 15.8. The van der Waals surface area contributed by atoms with Crippen molar-refractivity contribution in [1.82, 2.24) is 10.2 Å². The first kappa shape index (κ1) is 17.3. The van der Waals surface area contributed by atoms with Gasteiger partial charge in [0, 0.05) is 18.5 Å². The summed E-state index contributed by atoms with van der Waals surface area (Å²) in [5.74, 6) is 2.90. The van der Waals surface area contributed by atoms with E-state index in [-0.39, 0.29) is 12.1 Å². The summed E-state index contributed by atoms with van der Waals surface area (Å²) in [5, 5.41) is 4.10. The molecule has 2 amide bonds. The number of nitrogens with zero attached hydrogens (tertiary/aromatic N) is 1. The molecule has 0 aliphatic heterocycles. The summed E-state index contributed by atoms with van der Waals surface area (Å²) in [4.78, 5) is 14.7. The molecule has 0 spiro atoms. The predicted molar refractivity (Wildman–Crippen MR) is 101 cm³/mol. The van der Waals surface area contributed by atoms with E-state index in [0.717, 1.165) is 22.5 Å². The van der Waals surface area contributed by atoms with Crippen molar-refractivity contribution in [2.75, 3.05) is 13.7 Å². The number of urea groups is 1. The molecule has 1 aromatic heterocycles. The highest BCUT2D eigenvalue weighted by Gasteiger charge is 2.45. The van der Waals surface area contributed by atoms with Crippen LogP contribution in [0, 0.1) is 11.8 Å². The van der Waals surface area contributed by atoms with E-state index < -0.39 is 0 Å². The van der Waals surface area contributed by atoms with Crippen molar-refractivity contribution in [3.63, 3.8) is 0 Å². The third-order valence-electron chi connectivity index (χ3n) is 5.57. The second-order valence-corrected chi connectivity index (χ2v) is 7.70. The number of carbonyl (C=O) groups excluding carboxylic acids is 1. The molecular formula is C21H28N2O3. The molecule has 1 N–H and O–H groups in total. The third kappa shape index (κ3) is 3.39. The molecule has 5 heteroatoms. The molecule has 2 aromatic rings. The van der Waals surface area contributed by atoms with Crippen LogP contribution in [-0.2, 0) is 0 Å². The normalized spacial score (nSPS) is 18.2. The molecule has 1 aromatic carbocycles. The quantitative estimate of drug-likeness (QED) is 0.781. The number of furan rings is 1. The van der Waals surface area contributed by atoms with Gasteiger partial charge in [-0.2, -0.15) is 0 Å². The number of fused-ring (bicyclic) bond motifs is 1. The van der Waals surface area contributed by atoms with Gasteiger partial charge >= 0.3 is 6.03 Å². The Balaban J connectivity index is 1.47. The van der Waals surface area contributed by atoms with Gasteiger partial charge in [0.25, 0.3) is 0 Å². The van der Waals surface area contributed by atoms with Crippen LogP contribution in [0.2, 0.25) is 0 Å². The van der Waals surface area contributed by atoms with Crippen LogP contribution in [-0.4, -0.2) is 30.6 Å². The van der Waals surface area contributed by atoms with Crippen molar-refractivity contribution < 1.29 is 13.9 Å². The predicted octanol–water partition coefficient (Wildman–Crippen LogP) is 4.72. The van der Waals surface area contributed by atoms with Crippen molar-refractivity contribution in [2.45, 2.75) is 51.6 Å². The molecule has 2 saturated carbocycles. The molecule has 1 heterocycles. The zero-order chi connectivity index (χ0) is 18.3. The maximum atomic E-state index is 12.8. The Morgan fingerprint density at radius 2 is 2.00 bits per heavy atom. The van der Waals surface area contributed by atoms with Gasteiger partial charge in [0.2, 0.25) is 0 Å². The van der Waals surface area contributed by atoms with Gasteiger partial charge < -0.3 is 19.4 Å². The molecule has 1 unspecified atom stereocenters. The van der Waals surface area contributed by atoms with E-state index in [4.69, 9.17) is 9.15 Å². The minimum absolute atomic E-state index is 0.00760. The minimum atomic E-state index is -0.189. The summed E-state index contributed by atoms with van der Waals surface area (Å²) in [5.41, 5.74) is 0.743. The zero-order valence-electron chi connectivity index (χ0n) is 15.8. The average Bonchev–Trinajstić information content (AvgIpc) is 3.55. The molecule has 2 aliphatic carbocycles. The summed E-state index contributed by atoms with van der Waals surface area (Å²) < 4.78 is 11.7. The Labute approximate surface area is 154 Å². The fraction of sp³-hybridized carbons (Fsp3) is 0.571. The van der Waals surface area contributed by atoms with Gasteiger partial charge in [-0.15, -0.1) is 0 Å². The van der Waals surface area contributed by atoms with Crippen LogP contribution in [0.3, 0.4) is 0 Å². The van der Waals surface area contributed by atoms with E-state index >= 15 is 0 Å². The molecule has 5 nitrogen and oxygen atoms in total. The lowest BCUT2D eigenvalue weighted by atomic mass is 10.1. The van der Waals surface area contributed by atoms with E-state index in [0.29, 0.717) is 24.5 Å². The molecule has 1 atom stereocenters. The number of para-hydroxylation sites is 1. The summed E-state index contributed by atoms with van der Waals surface area (Å²) in [6, 6.07) is 8.06. The highest BCUT2D eigenvalue weighted by molar-refractivity contribution is 5.84. The van der Waals surface area contributed by atoms with E-state index in [2.05, 4.69) is 5.32 Å². The van der Waals surface area contributed by atoms with E-state index in [9.17, 15) is 4.79 Å². The van der Waals surface area contributed by atoms with Crippen LogP contribution in [0.1, 0.15) is 51.3 Å². The Hall–Kier alpha value is -2.17. The largest absolute Gasteiger partial charge is 0.490 e. The maximum absolute atomic E-state index is 12.8. The molecule has 140 valence electrons. The first-order chi connectivity index (χ1) is 12.6. The molecule has 2 fully saturated rings. The maximum Gasteiger partial charge on any atom is 0.317 e. The fourth-order valence-electron chi connectivity index (χ4n) is 3.93. The number of rotatable bonds is 7. The molecule has 4 rings (SSSR count). The van der Waals surface area contributed by atoms with Gasteiger partial charge in [0.1, 0.15) is 5.76 Å². The van der Waals surface area contributed by atoms with Crippen LogP contribution in [0.5, 0.6) is 5.75 Å². The van der Waals surface area contributed by atoms with Crippen molar-refractivity contribution in [3.05, 3.63) is 30.0 Å². The van der Waals surface area contributed by atoms with Gasteiger partial charge in [-0.25, -0.2) is 4.79 Å². The van der Waals surface area contributed by atoms with Gasteiger partial charge in [-0.05, 0) is 63.5 Å². The monoisotopic (exact) mass is 356 g/mol. The first-order valence-electron chi connectivity index (χ1n) is 9.77. The molecule has 26 heavy (non-hydrogen) atoms. The molecule has 0 saturated heterocycles. The topological polar surface area (TPSA) is 54.7 Å². The van der Waals surface area contributed by atoms with Crippen LogP contribution in [0.25, 0.3) is 11.0 Å². The second kappa shape index (κ2) is 6.86. The smallest absolute Gasteiger partial charge is 0.317 e. The summed E-state index contributed by atoms with van der Waals surface area (Å²) in [6.45, 7) is 4.51. The number of hydrogen-bond donors (Lipinski definition) is 1. The van der Waals surface area contributed by atoms with Gasteiger partial charge in [-0.1, -0.05) is 12.1 Å². The lowest BCUT2D eigenvalue weighted by molar-refractivity contribution is 0.170. The number of ether oxygens (including phenoxy) is 1. The van der Waals surface area contributed by atoms with Crippen LogP contribution in [0.15, 0.2) is 28.7 Å². The first-order valence-corrected chi connectivity index (χ1v) is 9.77. The average molecular weight is 356 g/mol. The van der Waals surface area contributed by atoms with Gasteiger partial charge in [-0.3, -0.25) is 0 Å². The number of nitrogens with one attached hydrogen (secondary N) is 1. The van der Waals surface area contributed by atoms with Crippen molar-refractivity contribution in [2.24, 2.45) is 11.8 Å². The van der Waals surface area contributed by atoms with Crippen molar-refractivity contribution >= 4 is 17.0 Å². The Morgan fingerprint density at radius 3 is 2.62 bits per heavy atom. The SMILES string of the molecule is CCOc1cccc2cc(C(C)NC(=O)N(C)C(C3CC3)C3CC3)oc12. The standard InChI is InChI=1S/C21H28N2O3/c1-4-25-17-7-5-6-16-12-18(26-20(16)17)13(2)22-21(24)23(3)19(14-8-9-14)15-10-11-15/h5-7,12-15,19H,4,8-11H2,1-3H3,(H,22,24). The summed E-state index contributed by atoms with van der Waals surface area (Å²) >= 11 is 0. The van der Waals surface area contributed by atoms with E-state index in [1.54, 1.807) is 0 Å². The highest BCUT2D eigenvalue weighted by atomic mass is 16.5. The third-order valence-corrected chi connectivity index (χ3v) is 5.57. The Kier molecular flexibility index (Phi) is 4.55. The second-order valence-electron chi connectivity index (χ2n) is 7.70. The van der Waals surface area contributed by atoms with E-state index in [1.165, 1.54) is 25.7 Å². The Morgan fingerprint density at radius 1 is 1.31 bits per heavy atom. The summed E-state index contributed by atoms with van der Waals surface area (Å²) in [6.07, 6.45) is 5.05. The fourth-order valence-corrected chi connectivity index (χ4v) is 3.93. The van der Waals surface area contributed by atoms with Crippen LogP contribution in [0.4, 0.5) is 4.79 Å². The van der Waals surface area contributed by atoms with Crippen LogP contribution >= 0.6 is 0 Å². The number of benzene rings is 1. The van der Waals surface area contributed by atoms with Crippen LogP contribution < -0.4 is 10.1 Å². The number of carbonyl (C=O) groups is 1. The molecule has 0 radical (unpaired) electrons. The van der Waals surface area contributed by atoms with Crippen molar-refractivity contribution in [1.29, 1.82) is 0 Å². The minimum Gasteiger partial charge on any atom is -0.490 e. The highest BCUT2D eigenvalue weighted by Crippen LogP contribution is 2.46. The molecule has 2 aliphatic rings. The summed E-state index contributed by atoms with van der Waals surface area (Å²) in [7, 11) is 1.94. The van der Waals surface area contributed by atoms with Gasteiger partial charge in [0.05, 0.1) is 12.6 Å². The van der Waals surface area contributed by atoms with E-state index in [1.807, 2.05) is 50.1 Å². The lowest BCUT2D eigenvalue weighted by Gasteiger charge is -2.29. The molecular weight excluding hydrogens is 328 g/mol.